The van der Waals surface area contributed by atoms with Gasteiger partial charge in [0.05, 0.1) is 5.52 Å². The predicted molar refractivity (Wildman–Crippen MR) is 136 cm³/mol. The summed E-state index contributed by atoms with van der Waals surface area (Å²) in [7, 11) is 0. The fraction of sp³-hybridized carbons (Fsp3) is 0.333. The van der Waals surface area contributed by atoms with Gasteiger partial charge in [-0.05, 0) is 74.6 Å². The number of likely N-dealkylation sites (tertiary alicyclic amines) is 1. The summed E-state index contributed by atoms with van der Waals surface area (Å²) in [5.74, 6) is -0.288. The molecule has 1 saturated heterocycles. The number of rotatable bonds is 5. The lowest BCUT2D eigenvalue weighted by Gasteiger charge is -2.32. The van der Waals surface area contributed by atoms with E-state index < -0.39 is 11.9 Å². The number of nitrogens with one attached hydrogen (secondary N) is 2. The molecule has 38 heavy (non-hydrogen) atoms. The molecule has 0 saturated carbocycles. The maximum Gasteiger partial charge on any atom is 0.433 e. The highest BCUT2D eigenvalue weighted by Gasteiger charge is 2.35. The Labute approximate surface area is 216 Å². The lowest BCUT2D eigenvalue weighted by molar-refractivity contribution is -0.139. The Bertz CT molecular complexity index is 1460. The molecule has 0 atom stereocenters. The van der Waals surface area contributed by atoms with E-state index in [0.717, 1.165) is 18.4 Å². The van der Waals surface area contributed by atoms with E-state index in [1.807, 2.05) is 43.2 Å². The molecule has 2 aromatic carbocycles. The largest absolute Gasteiger partial charge is 0.433 e. The van der Waals surface area contributed by atoms with Gasteiger partial charge in [0, 0.05) is 42.0 Å². The molecule has 0 unspecified atom stereocenters. The van der Waals surface area contributed by atoms with Crippen LogP contribution in [0.5, 0.6) is 0 Å². The number of piperidine rings is 1. The number of hydrogen-bond donors (Lipinski definition) is 2. The van der Waals surface area contributed by atoms with Gasteiger partial charge in [-0.3, -0.25) is 19.4 Å². The molecule has 0 aliphatic carbocycles. The Morgan fingerprint density at radius 1 is 1.05 bits per heavy atom. The molecule has 3 heterocycles. The van der Waals surface area contributed by atoms with Gasteiger partial charge in [0.15, 0.2) is 0 Å². The molecular formula is C27H27F3N6O2. The molecule has 198 valence electrons. The molecule has 2 amide bonds. The maximum absolute atomic E-state index is 13.2. The molecule has 0 radical (unpaired) electrons. The van der Waals surface area contributed by atoms with E-state index in [1.54, 1.807) is 21.8 Å². The number of anilines is 1. The molecule has 8 nitrogen and oxygen atoms in total. The first-order valence-electron chi connectivity index (χ1n) is 12.4. The number of halogens is 3. The number of amides is 2. The zero-order valence-electron chi connectivity index (χ0n) is 20.9. The van der Waals surface area contributed by atoms with Gasteiger partial charge >= 0.3 is 6.18 Å². The van der Waals surface area contributed by atoms with E-state index in [-0.39, 0.29) is 40.2 Å². The quantitative estimate of drug-likeness (QED) is 0.354. The lowest BCUT2D eigenvalue weighted by atomic mass is 9.89. The number of carbonyl (C=O) groups is 2. The zero-order valence-corrected chi connectivity index (χ0v) is 20.9. The number of nitrogens with zero attached hydrogens (tertiary/aromatic N) is 4. The van der Waals surface area contributed by atoms with E-state index in [2.05, 4.69) is 15.5 Å². The van der Waals surface area contributed by atoms with Crippen LogP contribution in [0.3, 0.4) is 0 Å². The number of fused-ring (bicyclic) bond motifs is 1. The van der Waals surface area contributed by atoms with Gasteiger partial charge in [-0.15, -0.1) is 0 Å². The molecule has 2 aromatic heterocycles. The summed E-state index contributed by atoms with van der Waals surface area (Å²) in [5.41, 5.74) is 1.70. The van der Waals surface area contributed by atoms with E-state index in [9.17, 15) is 22.8 Å². The van der Waals surface area contributed by atoms with Crippen molar-refractivity contribution in [1.29, 1.82) is 0 Å². The molecule has 4 aromatic rings. The van der Waals surface area contributed by atoms with Crippen molar-refractivity contribution in [2.45, 2.75) is 44.8 Å². The second-order valence-electron chi connectivity index (χ2n) is 9.73. The number of carbonyl (C=O) groups excluding carboxylic acids is 2. The van der Waals surface area contributed by atoms with Crippen LogP contribution < -0.4 is 5.32 Å². The van der Waals surface area contributed by atoms with Gasteiger partial charge in [-0.2, -0.15) is 23.4 Å². The van der Waals surface area contributed by atoms with Crippen molar-refractivity contribution in [3.63, 3.8) is 0 Å². The van der Waals surface area contributed by atoms with Crippen LogP contribution in [-0.2, 0) is 6.18 Å². The Morgan fingerprint density at radius 3 is 2.42 bits per heavy atom. The third-order valence-corrected chi connectivity index (χ3v) is 6.90. The van der Waals surface area contributed by atoms with Gasteiger partial charge in [0.2, 0.25) is 0 Å². The van der Waals surface area contributed by atoms with Gasteiger partial charge in [-0.1, -0.05) is 12.1 Å². The third-order valence-electron chi connectivity index (χ3n) is 6.90. The average molecular weight is 525 g/mol. The highest BCUT2D eigenvalue weighted by atomic mass is 19.4. The average Bonchev–Trinajstić information content (AvgIpc) is 3.56. The Kier molecular flexibility index (Phi) is 6.68. The van der Waals surface area contributed by atoms with Crippen LogP contribution in [0, 0.1) is 0 Å². The highest BCUT2D eigenvalue weighted by molar-refractivity contribution is 6.03. The normalized spacial score (nSPS) is 14.8. The summed E-state index contributed by atoms with van der Waals surface area (Å²) in [4.78, 5) is 27.4. The number of hydrogen-bond acceptors (Lipinski definition) is 4. The van der Waals surface area contributed by atoms with E-state index in [0.29, 0.717) is 24.5 Å². The number of aromatic amines is 1. The summed E-state index contributed by atoms with van der Waals surface area (Å²) in [6.45, 7) is 4.91. The minimum absolute atomic E-state index is 0.0665. The number of alkyl halides is 3. The van der Waals surface area contributed by atoms with Crippen molar-refractivity contribution >= 4 is 28.4 Å². The molecule has 0 bridgehead atoms. The summed E-state index contributed by atoms with van der Waals surface area (Å²) < 4.78 is 41.4. The van der Waals surface area contributed by atoms with Gasteiger partial charge < -0.3 is 10.2 Å². The summed E-state index contributed by atoms with van der Waals surface area (Å²) >= 11 is 0. The van der Waals surface area contributed by atoms with Crippen molar-refractivity contribution in [1.82, 2.24) is 24.9 Å². The fourth-order valence-corrected chi connectivity index (χ4v) is 4.90. The van der Waals surface area contributed by atoms with Gasteiger partial charge in [0.1, 0.15) is 11.4 Å². The predicted octanol–water partition coefficient (Wildman–Crippen LogP) is 5.63. The molecule has 0 spiro atoms. The Morgan fingerprint density at radius 2 is 1.76 bits per heavy atom. The number of benzene rings is 2. The lowest BCUT2D eigenvalue weighted by Crippen LogP contribution is -2.37. The van der Waals surface area contributed by atoms with Crippen LogP contribution in [0.1, 0.15) is 70.8 Å². The smallest absolute Gasteiger partial charge is 0.339 e. The Hall–Kier alpha value is -4.15. The van der Waals surface area contributed by atoms with Crippen molar-refractivity contribution in [2.24, 2.45) is 0 Å². The molecule has 1 fully saturated rings. The van der Waals surface area contributed by atoms with Crippen molar-refractivity contribution in [3.05, 3.63) is 77.2 Å². The van der Waals surface area contributed by atoms with Crippen molar-refractivity contribution < 1.29 is 22.8 Å². The van der Waals surface area contributed by atoms with Crippen LogP contribution in [0.2, 0.25) is 0 Å². The molecule has 5 rings (SSSR count). The second-order valence-corrected chi connectivity index (χ2v) is 9.73. The SMILES string of the molecule is CC(C)n1nccc1C(=O)Nc1ccc(C2CCN(C(=O)c3ccc4n[nH]c(C(F)(F)F)c4c3)CC2)cc1. The minimum atomic E-state index is -4.58. The third kappa shape index (κ3) is 5.00. The summed E-state index contributed by atoms with van der Waals surface area (Å²) in [6, 6.07) is 13.6. The van der Waals surface area contributed by atoms with Crippen LogP contribution in [0.4, 0.5) is 18.9 Å². The zero-order chi connectivity index (χ0) is 27.0. The van der Waals surface area contributed by atoms with Crippen LogP contribution >= 0.6 is 0 Å². The molecule has 2 N–H and O–H groups in total. The topological polar surface area (TPSA) is 95.9 Å². The minimum Gasteiger partial charge on any atom is -0.339 e. The fourth-order valence-electron chi connectivity index (χ4n) is 4.90. The van der Waals surface area contributed by atoms with Crippen LogP contribution in [0.25, 0.3) is 10.9 Å². The molecular weight excluding hydrogens is 497 g/mol. The standard InChI is InChI=1S/C27H27F3N6O2/c1-16(2)36-23(9-12-31-36)25(37)32-20-6-3-17(4-7-20)18-10-13-35(14-11-18)26(38)19-5-8-22-21(15-19)24(34-33-22)27(28,29)30/h3-9,12,15-16,18H,10-11,13-14H2,1-2H3,(H,32,37)(H,33,34). The first-order chi connectivity index (χ1) is 18.1. The number of aromatic nitrogens is 4. The van der Waals surface area contributed by atoms with E-state index in [4.69, 9.17) is 0 Å². The first-order valence-corrected chi connectivity index (χ1v) is 12.4. The number of H-pyrrole nitrogens is 1. The van der Waals surface area contributed by atoms with Gasteiger partial charge in [-0.25, -0.2) is 0 Å². The van der Waals surface area contributed by atoms with Crippen LogP contribution in [0.15, 0.2) is 54.7 Å². The second kappa shape index (κ2) is 9.96. The maximum atomic E-state index is 13.2. The first kappa shape index (κ1) is 25.5. The Balaban J connectivity index is 1.20. The summed E-state index contributed by atoms with van der Waals surface area (Å²) in [6.07, 6.45) is -1.52. The van der Waals surface area contributed by atoms with Crippen LogP contribution in [-0.4, -0.2) is 49.8 Å². The van der Waals surface area contributed by atoms with E-state index in [1.165, 1.54) is 18.2 Å². The van der Waals surface area contributed by atoms with E-state index >= 15 is 0 Å². The molecule has 1 aliphatic rings. The van der Waals surface area contributed by atoms with Crippen molar-refractivity contribution in [2.75, 3.05) is 18.4 Å². The molecule has 1 aliphatic heterocycles. The summed E-state index contributed by atoms with van der Waals surface area (Å²) in [5, 5.41) is 12.7. The van der Waals surface area contributed by atoms with Gasteiger partial charge in [0.25, 0.3) is 11.8 Å². The van der Waals surface area contributed by atoms with Crippen molar-refractivity contribution in [3.8, 4) is 0 Å². The monoisotopic (exact) mass is 524 g/mol. The molecule has 11 heteroatoms. The highest BCUT2D eigenvalue weighted by Crippen LogP contribution is 2.34.